The van der Waals surface area contributed by atoms with Gasteiger partial charge >= 0.3 is 0 Å². The summed E-state index contributed by atoms with van der Waals surface area (Å²) in [5.41, 5.74) is 4.08. The quantitative estimate of drug-likeness (QED) is 0.261. The van der Waals surface area contributed by atoms with Crippen molar-refractivity contribution >= 4 is 17.5 Å². The zero-order valence-electron chi connectivity index (χ0n) is 23.2. The number of benzene rings is 3. The second-order valence-electron chi connectivity index (χ2n) is 11.1. The number of amides is 2. The lowest BCUT2D eigenvalue weighted by atomic mass is 9.99. The van der Waals surface area contributed by atoms with Crippen LogP contribution in [0.2, 0.25) is 0 Å². The van der Waals surface area contributed by atoms with Crippen LogP contribution in [0.15, 0.2) is 85.5 Å². The molecule has 7 heteroatoms. The Balaban J connectivity index is 1.24. The summed E-state index contributed by atoms with van der Waals surface area (Å²) in [6.45, 7) is 5.60. The molecule has 2 fully saturated rings. The third-order valence-corrected chi connectivity index (χ3v) is 8.48. The summed E-state index contributed by atoms with van der Waals surface area (Å²) >= 11 is 0. The maximum absolute atomic E-state index is 13.0. The summed E-state index contributed by atoms with van der Waals surface area (Å²) in [6, 6.07) is 22.6. The van der Waals surface area contributed by atoms with E-state index < -0.39 is 6.29 Å². The lowest BCUT2D eigenvalue weighted by Gasteiger charge is -2.39. The van der Waals surface area contributed by atoms with Gasteiger partial charge in [-0.15, -0.1) is 6.58 Å². The van der Waals surface area contributed by atoms with Gasteiger partial charge in [0.05, 0.1) is 35.6 Å². The molecule has 1 N–H and O–H groups in total. The average molecular weight is 553 g/mol. The Morgan fingerprint density at radius 1 is 0.878 bits per heavy atom. The molecular weight excluding hydrogens is 516 g/mol. The molecule has 0 bridgehead atoms. The summed E-state index contributed by atoms with van der Waals surface area (Å²) in [7, 11) is 0. The number of aliphatic hydroxyl groups excluding tert-OH is 1. The molecule has 1 aliphatic carbocycles. The molecule has 3 atom stereocenters. The Bertz CT molecular complexity index is 1360. The molecule has 2 aliphatic heterocycles. The standard InChI is InChI=1S/C34H36N2O5/c1-2-19-35(26-7-3-4-8-26)21-28-20-31(24-13-11-23(22-37)12-14-24)41-34(40-28)25-15-17-27(18-16-25)36-32(38)29-9-5-6-10-30(29)33(36)39/h2,5-6,9-18,26,28,31,34,37H,1,3-4,7-8,19-22H2. The highest BCUT2D eigenvalue weighted by atomic mass is 16.7. The van der Waals surface area contributed by atoms with E-state index in [1.54, 1.807) is 36.4 Å². The predicted molar refractivity (Wildman–Crippen MR) is 156 cm³/mol. The summed E-state index contributed by atoms with van der Waals surface area (Å²) in [4.78, 5) is 29.7. The number of imide groups is 1. The molecule has 1 saturated heterocycles. The molecule has 212 valence electrons. The van der Waals surface area contributed by atoms with Crippen LogP contribution in [0.1, 0.15) is 81.9 Å². The first-order chi connectivity index (χ1) is 20.1. The van der Waals surface area contributed by atoms with E-state index in [2.05, 4.69) is 11.5 Å². The molecule has 3 aliphatic rings. The molecule has 41 heavy (non-hydrogen) atoms. The molecule has 3 aromatic rings. The Morgan fingerprint density at radius 3 is 2.12 bits per heavy atom. The van der Waals surface area contributed by atoms with E-state index in [9.17, 15) is 14.7 Å². The van der Waals surface area contributed by atoms with Gasteiger partial charge < -0.3 is 14.6 Å². The SMILES string of the molecule is C=CCN(CC1CC(c2ccc(CO)cc2)OC(c2ccc(N3C(=O)c4ccccc4C3=O)cc2)O1)C1CCCC1. The van der Waals surface area contributed by atoms with Crippen LogP contribution in [0.25, 0.3) is 0 Å². The third kappa shape index (κ3) is 5.63. The minimum absolute atomic E-state index is 0.00246. The fourth-order valence-electron chi connectivity index (χ4n) is 6.31. The van der Waals surface area contributed by atoms with Crippen LogP contribution in [-0.4, -0.2) is 47.1 Å². The molecule has 0 radical (unpaired) electrons. The van der Waals surface area contributed by atoms with Crippen LogP contribution in [0.5, 0.6) is 0 Å². The monoisotopic (exact) mass is 552 g/mol. The Kier molecular flexibility index (Phi) is 8.12. The molecule has 2 amide bonds. The van der Waals surface area contributed by atoms with Crippen molar-refractivity contribution < 1.29 is 24.2 Å². The zero-order chi connectivity index (χ0) is 28.3. The number of ether oxygens (including phenoxy) is 2. The molecule has 0 spiro atoms. The molecule has 1 saturated carbocycles. The van der Waals surface area contributed by atoms with Crippen LogP contribution in [0, 0.1) is 0 Å². The van der Waals surface area contributed by atoms with Crippen molar-refractivity contribution in [3.05, 3.63) is 113 Å². The highest BCUT2D eigenvalue weighted by molar-refractivity contribution is 6.34. The zero-order valence-corrected chi connectivity index (χ0v) is 23.2. The van der Waals surface area contributed by atoms with Crippen molar-refractivity contribution in [1.82, 2.24) is 4.90 Å². The first kappa shape index (κ1) is 27.5. The summed E-state index contributed by atoms with van der Waals surface area (Å²) in [5, 5.41) is 9.50. The van der Waals surface area contributed by atoms with E-state index in [0.29, 0.717) is 29.3 Å². The molecular formula is C34H36N2O5. The number of aliphatic hydroxyl groups is 1. The molecule has 7 nitrogen and oxygen atoms in total. The maximum atomic E-state index is 13.0. The molecule has 3 unspecified atom stereocenters. The molecule has 0 aromatic heterocycles. The minimum atomic E-state index is -0.610. The second-order valence-corrected chi connectivity index (χ2v) is 11.1. The second kappa shape index (κ2) is 12.1. The number of carbonyl (C=O) groups is 2. The highest BCUT2D eigenvalue weighted by Gasteiger charge is 2.37. The number of hydrogen-bond donors (Lipinski definition) is 1. The van der Waals surface area contributed by atoms with Gasteiger partial charge in [0.25, 0.3) is 11.8 Å². The lowest BCUT2D eigenvalue weighted by molar-refractivity contribution is -0.253. The maximum Gasteiger partial charge on any atom is 0.266 e. The number of carbonyl (C=O) groups excluding carboxylic acids is 2. The smallest absolute Gasteiger partial charge is 0.266 e. The topological polar surface area (TPSA) is 79.3 Å². The fraction of sp³-hybridized carbons (Fsp3) is 0.353. The van der Waals surface area contributed by atoms with Crippen molar-refractivity contribution in [2.24, 2.45) is 0 Å². The molecule has 6 rings (SSSR count). The van der Waals surface area contributed by atoms with Gasteiger partial charge in [-0.2, -0.15) is 0 Å². The summed E-state index contributed by atoms with van der Waals surface area (Å²) < 4.78 is 13.1. The fourth-order valence-corrected chi connectivity index (χ4v) is 6.31. The Morgan fingerprint density at radius 2 is 1.51 bits per heavy atom. The van der Waals surface area contributed by atoms with Gasteiger partial charge in [-0.1, -0.05) is 67.4 Å². The number of hydrogen-bond acceptors (Lipinski definition) is 6. The van der Waals surface area contributed by atoms with Crippen molar-refractivity contribution in [3.63, 3.8) is 0 Å². The van der Waals surface area contributed by atoms with Crippen molar-refractivity contribution in [3.8, 4) is 0 Å². The van der Waals surface area contributed by atoms with Crippen LogP contribution < -0.4 is 4.90 Å². The van der Waals surface area contributed by atoms with Crippen LogP contribution in [0.4, 0.5) is 5.69 Å². The van der Waals surface area contributed by atoms with E-state index in [0.717, 1.165) is 29.8 Å². The van der Waals surface area contributed by atoms with Gasteiger partial charge in [-0.3, -0.25) is 14.5 Å². The predicted octanol–water partition coefficient (Wildman–Crippen LogP) is 5.96. The van der Waals surface area contributed by atoms with Gasteiger partial charge in [-0.25, -0.2) is 4.90 Å². The van der Waals surface area contributed by atoms with Crippen molar-refractivity contribution in [2.75, 3.05) is 18.0 Å². The lowest BCUT2D eigenvalue weighted by Crippen LogP contribution is -2.43. The minimum Gasteiger partial charge on any atom is -0.392 e. The van der Waals surface area contributed by atoms with Gasteiger partial charge in [0.2, 0.25) is 0 Å². The van der Waals surface area contributed by atoms with Crippen LogP contribution in [-0.2, 0) is 16.1 Å². The number of rotatable bonds is 9. The van der Waals surface area contributed by atoms with Crippen LogP contribution in [0.3, 0.4) is 0 Å². The van der Waals surface area contributed by atoms with Gasteiger partial charge in [0.1, 0.15) is 0 Å². The largest absolute Gasteiger partial charge is 0.392 e. The van der Waals surface area contributed by atoms with Crippen molar-refractivity contribution in [1.29, 1.82) is 0 Å². The Labute approximate surface area is 241 Å². The first-order valence-corrected chi connectivity index (χ1v) is 14.5. The normalized spacial score (nSPS) is 22.9. The van der Waals surface area contributed by atoms with E-state index in [4.69, 9.17) is 9.47 Å². The molecule has 2 heterocycles. The number of anilines is 1. The summed E-state index contributed by atoms with van der Waals surface area (Å²) in [6.07, 6.45) is 6.74. The van der Waals surface area contributed by atoms with E-state index in [-0.39, 0.29) is 30.6 Å². The average Bonchev–Trinajstić information content (AvgIpc) is 3.64. The molecule has 3 aromatic carbocycles. The van der Waals surface area contributed by atoms with Crippen molar-refractivity contribution in [2.45, 2.75) is 63.3 Å². The van der Waals surface area contributed by atoms with E-state index in [1.165, 1.54) is 30.6 Å². The number of nitrogens with zero attached hydrogens (tertiary/aromatic N) is 2. The van der Waals surface area contributed by atoms with Gasteiger partial charge in [0, 0.05) is 31.1 Å². The van der Waals surface area contributed by atoms with Gasteiger partial charge in [0.15, 0.2) is 6.29 Å². The van der Waals surface area contributed by atoms with Gasteiger partial charge in [-0.05, 0) is 48.2 Å². The van der Waals surface area contributed by atoms with Crippen LogP contribution >= 0.6 is 0 Å². The highest BCUT2D eigenvalue weighted by Crippen LogP contribution is 2.39. The Hall–Kier alpha value is -3.62. The third-order valence-electron chi connectivity index (χ3n) is 8.48. The van der Waals surface area contributed by atoms with E-state index in [1.807, 2.05) is 42.5 Å². The number of fused-ring (bicyclic) bond motifs is 1. The van der Waals surface area contributed by atoms with E-state index >= 15 is 0 Å². The first-order valence-electron chi connectivity index (χ1n) is 14.5. The summed E-state index contributed by atoms with van der Waals surface area (Å²) in [5.74, 6) is -0.631.